The van der Waals surface area contributed by atoms with Gasteiger partial charge in [0.25, 0.3) is 0 Å². The topological polar surface area (TPSA) is 50.4 Å². The molecule has 1 heterocycles. The van der Waals surface area contributed by atoms with Crippen LogP contribution in [0.2, 0.25) is 0 Å². The van der Waals surface area contributed by atoms with Crippen LogP contribution >= 0.6 is 0 Å². The number of amides is 1. The monoisotopic (exact) mass is 290 g/mol. The predicted molar refractivity (Wildman–Crippen MR) is 85.4 cm³/mol. The normalized spacial score (nSPS) is 21.7. The van der Waals surface area contributed by atoms with Crippen LogP contribution in [-0.4, -0.2) is 32.7 Å². The summed E-state index contributed by atoms with van der Waals surface area (Å²) in [5, 5.41) is 6.48. The summed E-state index contributed by atoms with van der Waals surface area (Å²) in [7, 11) is 1.69. The van der Waals surface area contributed by atoms with E-state index in [4.69, 9.17) is 4.74 Å². The highest BCUT2D eigenvalue weighted by molar-refractivity contribution is 5.96. The van der Waals surface area contributed by atoms with Crippen LogP contribution in [0.5, 0.6) is 0 Å². The van der Waals surface area contributed by atoms with Gasteiger partial charge in [-0.2, -0.15) is 0 Å². The minimum Gasteiger partial charge on any atom is -0.384 e. The second-order valence-corrected chi connectivity index (χ2v) is 6.09. The molecule has 1 atom stereocenters. The van der Waals surface area contributed by atoms with Crippen LogP contribution in [0.3, 0.4) is 0 Å². The molecule has 4 heteroatoms. The molecule has 1 aliphatic heterocycles. The second-order valence-electron chi connectivity index (χ2n) is 6.09. The number of hydrogen-bond acceptors (Lipinski definition) is 3. The number of hydrogen-bond donors (Lipinski definition) is 2. The highest BCUT2D eigenvalue weighted by atomic mass is 16.5. The summed E-state index contributed by atoms with van der Waals surface area (Å²) < 4.78 is 5.14. The summed E-state index contributed by atoms with van der Waals surface area (Å²) in [6.45, 7) is 6.59. The minimum atomic E-state index is -0.297. The number of methoxy groups -OCH3 is 1. The predicted octanol–water partition coefficient (Wildman–Crippen LogP) is 2.45. The molecule has 0 bridgehead atoms. The van der Waals surface area contributed by atoms with Gasteiger partial charge in [-0.1, -0.05) is 32.0 Å². The van der Waals surface area contributed by atoms with Crippen molar-refractivity contribution in [2.24, 2.45) is 11.3 Å². The van der Waals surface area contributed by atoms with Crippen LogP contribution in [-0.2, 0) is 16.0 Å². The van der Waals surface area contributed by atoms with Gasteiger partial charge < -0.3 is 15.4 Å². The highest BCUT2D eigenvalue weighted by Crippen LogP contribution is 2.35. The Morgan fingerprint density at radius 1 is 1.43 bits per heavy atom. The third kappa shape index (κ3) is 3.44. The first-order valence-electron chi connectivity index (χ1n) is 7.69. The van der Waals surface area contributed by atoms with Crippen LogP contribution in [0, 0.1) is 11.3 Å². The summed E-state index contributed by atoms with van der Waals surface area (Å²) in [4.78, 5) is 12.8. The van der Waals surface area contributed by atoms with E-state index in [1.807, 2.05) is 24.3 Å². The zero-order valence-electron chi connectivity index (χ0n) is 13.2. The molecule has 0 spiro atoms. The molecular formula is C17H26N2O2. The van der Waals surface area contributed by atoms with E-state index >= 15 is 0 Å². The average Bonchev–Trinajstić information content (AvgIpc) is 2.97. The van der Waals surface area contributed by atoms with Crippen molar-refractivity contribution in [1.82, 2.24) is 5.32 Å². The Hall–Kier alpha value is -1.39. The van der Waals surface area contributed by atoms with Gasteiger partial charge >= 0.3 is 0 Å². The number of anilines is 1. The number of carbonyl (C=O) groups is 1. The fourth-order valence-corrected chi connectivity index (χ4v) is 2.98. The third-order valence-corrected chi connectivity index (χ3v) is 4.59. The van der Waals surface area contributed by atoms with Crippen LogP contribution < -0.4 is 10.6 Å². The maximum Gasteiger partial charge on any atom is 0.232 e. The van der Waals surface area contributed by atoms with Gasteiger partial charge in [0.05, 0.1) is 12.0 Å². The maximum atomic E-state index is 12.8. The van der Waals surface area contributed by atoms with Crippen molar-refractivity contribution < 1.29 is 9.53 Å². The number of nitrogens with one attached hydrogen (secondary N) is 2. The van der Waals surface area contributed by atoms with Crippen molar-refractivity contribution in [3.8, 4) is 0 Å². The Bertz CT molecular complexity index is 479. The lowest BCUT2D eigenvalue weighted by Crippen LogP contribution is -2.42. The zero-order chi connectivity index (χ0) is 15.3. The Labute approximate surface area is 127 Å². The first-order chi connectivity index (χ1) is 10.1. The van der Waals surface area contributed by atoms with E-state index < -0.39 is 0 Å². The Morgan fingerprint density at radius 2 is 2.19 bits per heavy atom. The molecule has 1 saturated heterocycles. The molecule has 1 aromatic rings. The Kier molecular flexibility index (Phi) is 5.37. The molecule has 1 amide bonds. The van der Waals surface area contributed by atoms with Crippen LogP contribution in [0.1, 0.15) is 25.8 Å². The number of para-hydroxylation sites is 1. The lowest BCUT2D eigenvalue weighted by atomic mass is 9.75. The number of rotatable bonds is 6. The summed E-state index contributed by atoms with van der Waals surface area (Å²) in [6, 6.07) is 7.97. The van der Waals surface area contributed by atoms with E-state index in [2.05, 4.69) is 24.5 Å². The molecule has 0 aliphatic carbocycles. The van der Waals surface area contributed by atoms with Gasteiger partial charge in [-0.15, -0.1) is 0 Å². The van der Waals surface area contributed by atoms with E-state index in [0.717, 1.165) is 37.2 Å². The molecule has 2 N–H and O–H groups in total. The smallest absolute Gasteiger partial charge is 0.232 e. The second kappa shape index (κ2) is 7.05. The molecule has 0 aromatic heterocycles. The quantitative estimate of drug-likeness (QED) is 0.846. The van der Waals surface area contributed by atoms with Gasteiger partial charge in [-0.05, 0) is 36.9 Å². The number of carbonyl (C=O) groups excluding carboxylic acids is 1. The molecule has 1 aliphatic rings. The molecule has 2 rings (SSSR count). The Morgan fingerprint density at radius 3 is 2.81 bits per heavy atom. The van der Waals surface area contributed by atoms with Crippen molar-refractivity contribution in [3.05, 3.63) is 29.8 Å². The van der Waals surface area contributed by atoms with Gasteiger partial charge in [0, 0.05) is 19.3 Å². The molecular weight excluding hydrogens is 264 g/mol. The van der Waals surface area contributed by atoms with Crippen molar-refractivity contribution in [2.45, 2.75) is 26.7 Å². The average molecular weight is 290 g/mol. The van der Waals surface area contributed by atoms with E-state index in [0.29, 0.717) is 12.5 Å². The third-order valence-electron chi connectivity index (χ3n) is 4.59. The van der Waals surface area contributed by atoms with Gasteiger partial charge in [0.15, 0.2) is 0 Å². The largest absolute Gasteiger partial charge is 0.384 e. The standard InChI is InChI=1S/C17H26N2O2/c1-13(2)17(9-10-18-12-17)16(20)19-15-7-5-4-6-14(15)8-11-21-3/h4-7,13,18H,8-12H2,1-3H3,(H,19,20). The molecule has 21 heavy (non-hydrogen) atoms. The van der Waals surface area contributed by atoms with Crippen molar-refractivity contribution in [3.63, 3.8) is 0 Å². The lowest BCUT2D eigenvalue weighted by molar-refractivity contribution is -0.126. The lowest BCUT2D eigenvalue weighted by Gasteiger charge is -2.31. The fraction of sp³-hybridized carbons (Fsp3) is 0.588. The zero-order valence-corrected chi connectivity index (χ0v) is 13.2. The summed E-state index contributed by atoms with van der Waals surface area (Å²) in [6.07, 6.45) is 1.70. The van der Waals surface area contributed by atoms with E-state index in [1.165, 1.54) is 0 Å². The van der Waals surface area contributed by atoms with E-state index in [1.54, 1.807) is 7.11 Å². The van der Waals surface area contributed by atoms with Crippen molar-refractivity contribution >= 4 is 11.6 Å². The molecule has 1 unspecified atom stereocenters. The minimum absolute atomic E-state index is 0.132. The van der Waals surface area contributed by atoms with Crippen LogP contribution in [0.15, 0.2) is 24.3 Å². The molecule has 1 fully saturated rings. The van der Waals surface area contributed by atoms with Crippen molar-refractivity contribution in [2.75, 3.05) is 32.1 Å². The maximum absolute atomic E-state index is 12.8. The number of ether oxygens (including phenoxy) is 1. The van der Waals surface area contributed by atoms with E-state index in [9.17, 15) is 4.79 Å². The first kappa shape index (κ1) is 16.0. The first-order valence-corrected chi connectivity index (χ1v) is 7.69. The molecule has 4 nitrogen and oxygen atoms in total. The summed E-state index contributed by atoms with van der Waals surface area (Å²) >= 11 is 0. The molecule has 116 valence electrons. The van der Waals surface area contributed by atoms with Gasteiger partial charge in [-0.25, -0.2) is 0 Å². The molecule has 1 aromatic carbocycles. The van der Waals surface area contributed by atoms with E-state index in [-0.39, 0.29) is 11.3 Å². The summed E-state index contributed by atoms with van der Waals surface area (Å²) in [5.41, 5.74) is 1.73. The number of benzene rings is 1. The van der Waals surface area contributed by atoms with Crippen LogP contribution in [0.4, 0.5) is 5.69 Å². The highest BCUT2D eigenvalue weighted by Gasteiger charge is 2.43. The summed E-state index contributed by atoms with van der Waals surface area (Å²) in [5.74, 6) is 0.450. The van der Waals surface area contributed by atoms with Gasteiger partial charge in [-0.3, -0.25) is 4.79 Å². The fourth-order valence-electron chi connectivity index (χ4n) is 2.98. The SMILES string of the molecule is COCCc1ccccc1NC(=O)C1(C(C)C)CCNC1. The van der Waals surface area contributed by atoms with Gasteiger partial charge in [0.1, 0.15) is 0 Å². The van der Waals surface area contributed by atoms with Gasteiger partial charge in [0.2, 0.25) is 5.91 Å². The Balaban J connectivity index is 2.15. The van der Waals surface area contributed by atoms with Crippen LogP contribution in [0.25, 0.3) is 0 Å². The van der Waals surface area contributed by atoms with Crippen molar-refractivity contribution in [1.29, 1.82) is 0 Å². The molecule has 0 radical (unpaired) electrons. The molecule has 0 saturated carbocycles.